The summed E-state index contributed by atoms with van der Waals surface area (Å²) in [5.41, 5.74) is 0.463. The van der Waals surface area contributed by atoms with Gasteiger partial charge in [-0.1, -0.05) is 0 Å². The summed E-state index contributed by atoms with van der Waals surface area (Å²) >= 11 is 0. The molecule has 0 saturated carbocycles. The average molecular weight is 247 g/mol. The van der Waals surface area contributed by atoms with E-state index < -0.39 is 0 Å². The standard InChI is InChI=1S/C12H17N5O/c1-9-14-6-10(5-13)12(16-9)15-7-11-8-17(2)3-4-18-11/h6,11H,3-4,7-8H2,1-2H3,(H,14,15,16). The van der Waals surface area contributed by atoms with Crippen LogP contribution in [-0.4, -0.2) is 54.3 Å². The van der Waals surface area contributed by atoms with Gasteiger partial charge in [-0.05, 0) is 14.0 Å². The molecule has 1 aliphatic rings. The van der Waals surface area contributed by atoms with E-state index in [2.05, 4.69) is 33.3 Å². The molecule has 0 radical (unpaired) electrons. The van der Waals surface area contributed by atoms with Gasteiger partial charge in [-0.2, -0.15) is 5.26 Å². The smallest absolute Gasteiger partial charge is 0.147 e. The van der Waals surface area contributed by atoms with Gasteiger partial charge in [0.2, 0.25) is 0 Å². The first-order valence-corrected chi connectivity index (χ1v) is 5.97. The molecule has 18 heavy (non-hydrogen) atoms. The minimum atomic E-state index is 0.130. The summed E-state index contributed by atoms with van der Waals surface area (Å²) in [6, 6.07) is 2.08. The number of morpholine rings is 1. The van der Waals surface area contributed by atoms with E-state index in [0.717, 1.165) is 19.7 Å². The lowest BCUT2D eigenvalue weighted by Crippen LogP contribution is -2.43. The van der Waals surface area contributed by atoms with E-state index in [1.165, 1.54) is 0 Å². The molecule has 6 heteroatoms. The molecule has 1 atom stereocenters. The summed E-state index contributed by atoms with van der Waals surface area (Å²) < 4.78 is 5.64. The second-order valence-corrected chi connectivity index (χ2v) is 4.43. The number of ether oxygens (including phenoxy) is 1. The van der Waals surface area contributed by atoms with Crippen LogP contribution in [0.25, 0.3) is 0 Å². The number of nitriles is 1. The van der Waals surface area contributed by atoms with E-state index in [1.807, 2.05) is 0 Å². The first-order chi connectivity index (χ1) is 8.69. The lowest BCUT2D eigenvalue weighted by Gasteiger charge is -2.30. The zero-order valence-electron chi connectivity index (χ0n) is 10.7. The predicted molar refractivity (Wildman–Crippen MR) is 67.2 cm³/mol. The minimum Gasteiger partial charge on any atom is -0.374 e. The Morgan fingerprint density at radius 3 is 3.22 bits per heavy atom. The monoisotopic (exact) mass is 247 g/mol. The van der Waals surface area contributed by atoms with Crippen molar-refractivity contribution < 1.29 is 4.74 Å². The lowest BCUT2D eigenvalue weighted by molar-refractivity contribution is -0.0117. The van der Waals surface area contributed by atoms with E-state index in [0.29, 0.717) is 23.8 Å². The van der Waals surface area contributed by atoms with Crippen LogP contribution in [-0.2, 0) is 4.74 Å². The molecular formula is C12H17N5O. The summed E-state index contributed by atoms with van der Waals surface area (Å²) in [4.78, 5) is 10.5. The van der Waals surface area contributed by atoms with Crippen LogP contribution in [0, 0.1) is 18.3 Å². The van der Waals surface area contributed by atoms with E-state index >= 15 is 0 Å². The second kappa shape index (κ2) is 5.76. The first kappa shape index (κ1) is 12.7. The Kier molecular flexibility index (Phi) is 4.07. The molecule has 1 saturated heterocycles. The molecule has 6 nitrogen and oxygen atoms in total. The van der Waals surface area contributed by atoms with Crippen molar-refractivity contribution in [2.24, 2.45) is 0 Å². The fourth-order valence-electron chi connectivity index (χ4n) is 1.89. The Morgan fingerprint density at radius 1 is 1.67 bits per heavy atom. The molecule has 0 spiro atoms. The highest BCUT2D eigenvalue weighted by atomic mass is 16.5. The molecule has 1 aromatic heterocycles. The molecule has 2 heterocycles. The molecule has 0 aromatic carbocycles. The van der Waals surface area contributed by atoms with Crippen LogP contribution in [0.1, 0.15) is 11.4 Å². The zero-order chi connectivity index (χ0) is 13.0. The van der Waals surface area contributed by atoms with Gasteiger partial charge in [-0.3, -0.25) is 0 Å². The molecule has 2 rings (SSSR count). The number of hydrogen-bond donors (Lipinski definition) is 1. The van der Waals surface area contributed by atoms with Crippen LogP contribution in [0.4, 0.5) is 5.82 Å². The van der Waals surface area contributed by atoms with Crippen molar-refractivity contribution in [1.29, 1.82) is 5.26 Å². The second-order valence-electron chi connectivity index (χ2n) is 4.43. The van der Waals surface area contributed by atoms with Crippen molar-refractivity contribution in [3.8, 4) is 6.07 Å². The molecular weight excluding hydrogens is 230 g/mol. The first-order valence-electron chi connectivity index (χ1n) is 5.97. The van der Waals surface area contributed by atoms with Crippen molar-refractivity contribution in [2.45, 2.75) is 13.0 Å². The molecule has 1 fully saturated rings. The number of aryl methyl sites for hydroxylation is 1. The molecule has 0 bridgehead atoms. The maximum absolute atomic E-state index is 8.98. The molecule has 1 aliphatic heterocycles. The fraction of sp³-hybridized carbons (Fsp3) is 0.583. The highest BCUT2D eigenvalue weighted by molar-refractivity contribution is 5.50. The van der Waals surface area contributed by atoms with Crippen LogP contribution in [0.5, 0.6) is 0 Å². The molecule has 0 amide bonds. The van der Waals surface area contributed by atoms with Gasteiger partial charge in [-0.25, -0.2) is 9.97 Å². The highest BCUT2D eigenvalue weighted by Crippen LogP contribution is 2.11. The van der Waals surface area contributed by atoms with Gasteiger partial charge in [-0.15, -0.1) is 0 Å². The number of likely N-dealkylation sites (N-methyl/N-ethyl adjacent to an activating group) is 1. The third-order valence-electron chi connectivity index (χ3n) is 2.87. The summed E-state index contributed by atoms with van der Waals surface area (Å²) in [5, 5.41) is 12.1. The Labute approximate surface area is 107 Å². The van der Waals surface area contributed by atoms with Gasteiger partial charge >= 0.3 is 0 Å². The van der Waals surface area contributed by atoms with Crippen LogP contribution in [0.15, 0.2) is 6.20 Å². The summed E-state index contributed by atoms with van der Waals surface area (Å²) in [6.45, 7) is 5.05. The molecule has 1 unspecified atom stereocenters. The van der Waals surface area contributed by atoms with Crippen molar-refractivity contribution in [3.05, 3.63) is 17.6 Å². The van der Waals surface area contributed by atoms with Gasteiger partial charge in [0.05, 0.1) is 18.9 Å². The highest BCUT2D eigenvalue weighted by Gasteiger charge is 2.18. The minimum absolute atomic E-state index is 0.130. The third-order valence-corrected chi connectivity index (χ3v) is 2.87. The predicted octanol–water partition coefficient (Wildman–Crippen LogP) is 0.399. The summed E-state index contributed by atoms with van der Waals surface area (Å²) in [5.74, 6) is 1.24. The number of anilines is 1. The summed E-state index contributed by atoms with van der Waals surface area (Å²) in [6.07, 6.45) is 1.67. The Hall–Kier alpha value is -1.71. The Balaban J connectivity index is 1.97. The van der Waals surface area contributed by atoms with E-state index in [9.17, 15) is 0 Å². The van der Waals surface area contributed by atoms with Crippen molar-refractivity contribution in [3.63, 3.8) is 0 Å². The van der Waals surface area contributed by atoms with Gasteiger partial charge in [0.15, 0.2) is 0 Å². The maximum atomic E-state index is 8.98. The molecule has 1 aromatic rings. The number of nitrogens with one attached hydrogen (secondary N) is 1. The van der Waals surface area contributed by atoms with Gasteiger partial charge in [0, 0.05) is 19.6 Å². The normalized spacial score (nSPS) is 20.4. The van der Waals surface area contributed by atoms with Gasteiger partial charge < -0.3 is 15.0 Å². The molecule has 1 N–H and O–H groups in total. The Morgan fingerprint density at radius 2 is 2.50 bits per heavy atom. The van der Waals surface area contributed by atoms with Crippen LogP contribution >= 0.6 is 0 Å². The topological polar surface area (TPSA) is 74.1 Å². The Bertz CT molecular complexity index is 456. The van der Waals surface area contributed by atoms with Crippen LogP contribution < -0.4 is 5.32 Å². The molecule has 0 aliphatic carbocycles. The van der Waals surface area contributed by atoms with Crippen molar-refractivity contribution in [2.75, 3.05) is 38.6 Å². The van der Waals surface area contributed by atoms with E-state index in [1.54, 1.807) is 13.1 Å². The van der Waals surface area contributed by atoms with Crippen LogP contribution in [0.3, 0.4) is 0 Å². The lowest BCUT2D eigenvalue weighted by atomic mass is 10.2. The fourth-order valence-corrected chi connectivity index (χ4v) is 1.89. The number of nitrogens with zero attached hydrogens (tertiary/aromatic N) is 4. The number of rotatable bonds is 3. The van der Waals surface area contributed by atoms with E-state index in [4.69, 9.17) is 10.00 Å². The molecule has 96 valence electrons. The number of hydrogen-bond acceptors (Lipinski definition) is 6. The van der Waals surface area contributed by atoms with Gasteiger partial charge in [0.25, 0.3) is 0 Å². The largest absolute Gasteiger partial charge is 0.374 e. The van der Waals surface area contributed by atoms with Gasteiger partial charge in [0.1, 0.15) is 23.3 Å². The van der Waals surface area contributed by atoms with Crippen LogP contribution in [0.2, 0.25) is 0 Å². The van der Waals surface area contributed by atoms with Crippen molar-refractivity contribution >= 4 is 5.82 Å². The zero-order valence-corrected chi connectivity index (χ0v) is 10.7. The number of aromatic nitrogens is 2. The summed E-state index contributed by atoms with van der Waals surface area (Å²) in [7, 11) is 2.07. The quantitative estimate of drug-likeness (QED) is 0.833. The van der Waals surface area contributed by atoms with E-state index in [-0.39, 0.29) is 6.10 Å². The third kappa shape index (κ3) is 3.15. The average Bonchev–Trinajstić information content (AvgIpc) is 2.37. The maximum Gasteiger partial charge on any atom is 0.147 e. The SMILES string of the molecule is Cc1ncc(C#N)c(NCC2CN(C)CCO2)n1. The van der Waals surface area contributed by atoms with Crippen molar-refractivity contribution in [1.82, 2.24) is 14.9 Å².